The molecule has 0 saturated carbocycles. The molecule has 0 radical (unpaired) electrons. The molecule has 1 aromatic rings. The van der Waals surface area contributed by atoms with Gasteiger partial charge in [-0.3, -0.25) is 9.69 Å². The van der Waals surface area contributed by atoms with Crippen LogP contribution in [0.15, 0.2) is 24.3 Å². The highest BCUT2D eigenvalue weighted by Gasteiger charge is 2.16. The lowest BCUT2D eigenvalue weighted by Crippen LogP contribution is -2.35. The van der Waals surface area contributed by atoms with E-state index in [-0.39, 0.29) is 18.3 Å². The van der Waals surface area contributed by atoms with Gasteiger partial charge in [-0.15, -0.1) is 12.4 Å². The predicted molar refractivity (Wildman–Crippen MR) is 87.6 cm³/mol. The Labute approximate surface area is 136 Å². The Morgan fingerprint density at radius 2 is 2.05 bits per heavy atom. The molecule has 22 heavy (non-hydrogen) atoms. The number of anilines is 1. The highest BCUT2D eigenvalue weighted by Crippen LogP contribution is 2.16. The highest BCUT2D eigenvalue weighted by atomic mass is 35.5. The fourth-order valence-electron chi connectivity index (χ4n) is 2.33. The maximum absolute atomic E-state index is 12.1. The van der Waals surface area contributed by atoms with Crippen molar-refractivity contribution in [3.05, 3.63) is 29.8 Å². The van der Waals surface area contributed by atoms with Crippen molar-refractivity contribution < 1.29 is 14.3 Å². The summed E-state index contributed by atoms with van der Waals surface area (Å²) in [5.74, 6) is -0.571. The summed E-state index contributed by atoms with van der Waals surface area (Å²) in [6.45, 7) is 3.97. The lowest BCUT2D eigenvalue weighted by Gasteiger charge is -2.19. The molecule has 0 unspecified atom stereocenters. The third-order valence-electron chi connectivity index (χ3n) is 3.41. The molecule has 2 rings (SSSR count). The Morgan fingerprint density at radius 1 is 1.27 bits per heavy atom. The molecule has 1 fully saturated rings. The number of halogens is 1. The van der Waals surface area contributed by atoms with E-state index in [1.807, 2.05) is 0 Å². The number of esters is 1. The number of rotatable bonds is 4. The van der Waals surface area contributed by atoms with Crippen LogP contribution in [0.3, 0.4) is 0 Å². The summed E-state index contributed by atoms with van der Waals surface area (Å²) >= 11 is 0. The Bertz CT molecular complexity index is 503. The Hall–Kier alpha value is -1.63. The first kappa shape index (κ1) is 18.4. The van der Waals surface area contributed by atoms with E-state index in [1.165, 1.54) is 7.11 Å². The molecule has 1 saturated heterocycles. The fourth-order valence-corrected chi connectivity index (χ4v) is 2.33. The summed E-state index contributed by atoms with van der Waals surface area (Å²) in [4.78, 5) is 25.9. The van der Waals surface area contributed by atoms with Gasteiger partial charge in [-0.2, -0.15) is 0 Å². The topological polar surface area (TPSA) is 70.7 Å². The molecule has 6 nitrogen and oxygen atoms in total. The summed E-state index contributed by atoms with van der Waals surface area (Å²) in [5.41, 5.74) is 0.855. The maximum Gasteiger partial charge on any atom is 0.339 e. The van der Waals surface area contributed by atoms with Crippen LogP contribution in [0, 0.1) is 0 Å². The smallest absolute Gasteiger partial charge is 0.339 e. The number of benzene rings is 1. The van der Waals surface area contributed by atoms with Crippen LogP contribution in [-0.4, -0.2) is 56.6 Å². The number of ether oxygens (including phenoxy) is 1. The van der Waals surface area contributed by atoms with E-state index in [4.69, 9.17) is 4.74 Å². The van der Waals surface area contributed by atoms with Crippen molar-refractivity contribution in [2.24, 2.45) is 0 Å². The summed E-state index contributed by atoms with van der Waals surface area (Å²) in [7, 11) is 1.32. The molecule has 122 valence electrons. The van der Waals surface area contributed by atoms with E-state index < -0.39 is 5.97 Å². The highest BCUT2D eigenvalue weighted by molar-refractivity contribution is 6.01. The second-order valence-electron chi connectivity index (χ2n) is 4.97. The average molecular weight is 328 g/mol. The number of hydrogen-bond donors (Lipinski definition) is 2. The lowest BCUT2D eigenvalue weighted by atomic mass is 10.2. The van der Waals surface area contributed by atoms with Crippen molar-refractivity contribution in [3.63, 3.8) is 0 Å². The third kappa shape index (κ3) is 5.29. The van der Waals surface area contributed by atoms with Crippen molar-refractivity contribution >= 4 is 30.0 Å². The second-order valence-corrected chi connectivity index (χ2v) is 4.97. The van der Waals surface area contributed by atoms with Crippen LogP contribution < -0.4 is 10.6 Å². The number of amides is 1. The van der Waals surface area contributed by atoms with Gasteiger partial charge >= 0.3 is 5.97 Å². The van der Waals surface area contributed by atoms with Crippen LogP contribution >= 0.6 is 12.4 Å². The molecule has 2 N–H and O–H groups in total. The van der Waals surface area contributed by atoms with Gasteiger partial charge in [0.2, 0.25) is 5.91 Å². The summed E-state index contributed by atoms with van der Waals surface area (Å²) in [6, 6.07) is 6.85. The van der Waals surface area contributed by atoms with Gasteiger partial charge in [0.05, 0.1) is 24.9 Å². The molecule has 7 heteroatoms. The van der Waals surface area contributed by atoms with Gasteiger partial charge in [-0.05, 0) is 31.6 Å². The van der Waals surface area contributed by atoms with Crippen molar-refractivity contribution in [2.45, 2.75) is 6.42 Å². The van der Waals surface area contributed by atoms with Crippen LogP contribution in [0.5, 0.6) is 0 Å². The number of para-hydroxylation sites is 1. The summed E-state index contributed by atoms with van der Waals surface area (Å²) < 4.78 is 4.72. The van der Waals surface area contributed by atoms with Crippen LogP contribution in [0.2, 0.25) is 0 Å². The minimum Gasteiger partial charge on any atom is -0.465 e. The van der Waals surface area contributed by atoms with Crippen molar-refractivity contribution in [3.8, 4) is 0 Å². The number of carbonyl (C=O) groups is 2. The predicted octanol–water partition coefficient (Wildman–Crippen LogP) is 1.13. The van der Waals surface area contributed by atoms with Gasteiger partial charge in [-0.25, -0.2) is 4.79 Å². The van der Waals surface area contributed by atoms with Crippen molar-refractivity contribution in [2.75, 3.05) is 45.2 Å². The molecule has 0 spiro atoms. The van der Waals surface area contributed by atoms with E-state index in [2.05, 4.69) is 15.5 Å². The van der Waals surface area contributed by atoms with Crippen LogP contribution in [0.1, 0.15) is 16.8 Å². The maximum atomic E-state index is 12.1. The molecule has 0 bridgehead atoms. The molecule has 1 amide bonds. The average Bonchev–Trinajstić information content (AvgIpc) is 2.75. The van der Waals surface area contributed by atoms with E-state index in [9.17, 15) is 9.59 Å². The van der Waals surface area contributed by atoms with E-state index >= 15 is 0 Å². The molecule has 0 aliphatic carbocycles. The molecule has 0 aromatic heterocycles. The van der Waals surface area contributed by atoms with Crippen LogP contribution in [0.25, 0.3) is 0 Å². The number of methoxy groups -OCH3 is 1. The standard InChI is InChI=1S/C15H21N3O3.ClH/c1-21-15(20)12-5-2-3-6-13(12)17-14(19)11-18-9-4-7-16-8-10-18;/h2-3,5-6,16H,4,7-11H2,1H3,(H,17,19);1H. The minimum atomic E-state index is -0.454. The molecule has 0 atom stereocenters. The number of nitrogens with one attached hydrogen (secondary N) is 2. The molecule has 1 aromatic carbocycles. The van der Waals surface area contributed by atoms with E-state index in [0.717, 1.165) is 32.6 Å². The second kappa shape index (κ2) is 9.40. The van der Waals surface area contributed by atoms with Crippen LogP contribution in [-0.2, 0) is 9.53 Å². The number of nitrogens with zero attached hydrogens (tertiary/aromatic N) is 1. The first-order valence-electron chi connectivity index (χ1n) is 7.11. The Balaban J connectivity index is 0.00000242. The van der Waals surface area contributed by atoms with Crippen molar-refractivity contribution in [1.82, 2.24) is 10.2 Å². The number of carbonyl (C=O) groups excluding carboxylic acids is 2. The van der Waals surface area contributed by atoms with Gasteiger partial charge in [0.25, 0.3) is 0 Å². The molecule has 1 heterocycles. The minimum absolute atomic E-state index is 0. The van der Waals surface area contributed by atoms with Gasteiger partial charge in [0, 0.05) is 13.1 Å². The number of hydrogen-bond acceptors (Lipinski definition) is 5. The molecular formula is C15H22ClN3O3. The van der Waals surface area contributed by atoms with E-state index in [1.54, 1.807) is 24.3 Å². The zero-order valence-electron chi connectivity index (χ0n) is 12.6. The van der Waals surface area contributed by atoms with Gasteiger partial charge in [0.15, 0.2) is 0 Å². The van der Waals surface area contributed by atoms with E-state index in [0.29, 0.717) is 17.8 Å². The zero-order chi connectivity index (χ0) is 15.1. The molecular weight excluding hydrogens is 306 g/mol. The normalized spacial score (nSPS) is 15.3. The van der Waals surface area contributed by atoms with Gasteiger partial charge in [0.1, 0.15) is 0 Å². The Kier molecular flexibility index (Phi) is 7.87. The molecule has 1 aliphatic rings. The van der Waals surface area contributed by atoms with Gasteiger partial charge < -0.3 is 15.4 Å². The first-order chi connectivity index (χ1) is 10.2. The first-order valence-corrected chi connectivity index (χ1v) is 7.11. The van der Waals surface area contributed by atoms with Crippen LogP contribution in [0.4, 0.5) is 5.69 Å². The monoisotopic (exact) mass is 327 g/mol. The quantitative estimate of drug-likeness (QED) is 0.811. The largest absolute Gasteiger partial charge is 0.465 e. The third-order valence-corrected chi connectivity index (χ3v) is 3.41. The fraction of sp³-hybridized carbons (Fsp3) is 0.467. The van der Waals surface area contributed by atoms with Crippen molar-refractivity contribution in [1.29, 1.82) is 0 Å². The van der Waals surface area contributed by atoms with Gasteiger partial charge in [-0.1, -0.05) is 12.1 Å². The zero-order valence-corrected chi connectivity index (χ0v) is 13.4. The molecule has 1 aliphatic heterocycles. The summed E-state index contributed by atoms with van der Waals surface area (Å²) in [5, 5.41) is 6.09. The Morgan fingerprint density at radius 3 is 2.82 bits per heavy atom. The SMILES string of the molecule is COC(=O)c1ccccc1NC(=O)CN1CCCNCC1.Cl. The lowest BCUT2D eigenvalue weighted by molar-refractivity contribution is -0.117. The summed E-state index contributed by atoms with van der Waals surface area (Å²) in [6.07, 6.45) is 1.03.